The van der Waals surface area contributed by atoms with E-state index in [4.69, 9.17) is 9.47 Å². The summed E-state index contributed by atoms with van der Waals surface area (Å²) >= 11 is 0. The first kappa shape index (κ1) is 35.6. The minimum atomic E-state index is -1.23. The van der Waals surface area contributed by atoms with Crippen LogP contribution < -0.4 is 10.6 Å². The largest absolute Gasteiger partial charge is 0.480 e. The normalized spacial score (nSPS) is 13.0. The highest BCUT2D eigenvalue weighted by Gasteiger charge is 2.29. The molecule has 2 amide bonds. The van der Waals surface area contributed by atoms with E-state index in [0.29, 0.717) is 12.8 Å². The van der Waals surface area contributed by atoms with Gasteiger partial charge in [-0.25, -0.2) is 9.59 Å². The van der Waals surface area contributed by atoms with Crippen molar-refractivity contribution in [1.29, 1.82) is 0 Å². The topological polar surface area (TPSA) is 131 Å². The van der Waals surface area contributed by atoms with E-state index in [-0.39, 0.29) is 37.4 Å². The second kappa shape index (κ2) is 18.2. The van der Waals surface area contributed by atoms with Crippen LogP contribution in [0.25, 0.3) is 11.1 Å². The molecule has 1 aliphatic rings. The zero-order valence-corrected chi connectivity index (χ0v) is 27.1. The van der Waals surface area contributed by atoms with Gasteiger partial charge in [0.05, 0.1) is 6.54 Å². The summed E-state index contributed by atoms with van der Waals surface area (Å²) in [6.45, 7) is 5.50. The van der Waals surface area contributed by atoms with E-state index in [9.17, 15) is 24.3 Å². The summed E-state index contributed by atoms with van der Waals surface area (Å²) in [6, 6.07) is 14.8. The lowest BCUT2D eigenvalue weighted by atomic mass is 9.98. The number of carboxylic acids is 1. The van der Waals surface area contributed by atoms with Crippen molar-refractivity contribution in [2.45, 2.75) is 115 Å². The quantitative estimate of drug-likeness (QED) is 0.112. The number of hydrogen-bond acceptors (Lipinski definition) is 6. The Morgan fingerprint density at radius 3 is 1.76 bits per heavy atom. The number of carbonyl (C=O) groups is 4. The molecule has 0 unspecified atom stereocenters. The van der Waals surface area contributed by atoms with E-state index in [1.54, 1.807) is 0 Å². The SMILES string of the molecule is CC(C)(C)OC(=O)CCCCCCCCCCCCC(=O)N[C@H](CNC(=O)OCC1c2ccccc2-c2ccccc21)C(=O)O. The molecule has 2 aromatic carbocycles. The van der Waals surface area contributed by atoms with Crippen molar-refractivity contribution >= 4 is 23.9 Å². The first-order chi connectivity index (χ1) is 21.5. The van der Waals surface area contributed by atoms with Crippen LogP contribution in [0.15, 0.2) is 48.5 Å². The van der Waals surface area contributed by atoms with Crippen LogP contribution in [0.2, 0.25) is 0 Å². The molecule has 9 nitrogen and oxygen atoms in total. The average molecular weight is 623 g/mol. The molecule has 3 rings (SSSR count). The minimum Gasteiger partial charge on any atom is -0.480 e. The van der Waals surface area contributed by atoms with Crippen molar-refractivity contribution in [3.63, 3.8) is 0 Å². The zero-order valence-electron chi connectivity index (χ0n) is 27.1. The van der Waals surface area contributed by atoms with E-state index in [2.05, 4.69) is 22.8 Å². The summed E-state index contributed by atoms with van der Waals surface area (Å²) in [5.74, 6) is -1.78. The molecule has 9 heteroatoms. The second-order valence-corrected chi connectivity index (χ2v) is 12.8. The third kappa shape index (κ3) is 12.6. The van der Waals surface area contributed by atoms with Crippen LogP contribution in [0, 0.1) is 0 Å². The number of carbonyl (C=O) groups excluding carboxylic acids is 3. The third-order valence-electron chi connectivity index (χ3n) is 7.88. The average Bonchev–Trinajstić information content (AvgIpc) is 3.31. The number of ether oxygens (including phenoxy) is 2. The van der Waals surface area contributed by atoms with E-state index < -0.39 is 23.7 Å². The van der Waals surface area contributed by atoms with Crippen molar-refractivity contribution < 1.29 is 33.8 Å². The lowest BCUT2D eigenvalue weighted by Crippen LogP contribution is -2.48. The molecule has 0 bridgehead atoms. The highest BCUT2D eigenvalue weighted by atomic mass is 16.6. The van der Waals surface area contributed by atoms with Crippen molar-refractivity contribution in [3.05, 3.63) is 59.7 Å². The number of fused-ring (bicyclic) bond motifs is 3. The fourth-order valence-corrected chi connectivity index (χ4v) is 5.66. The van der Waals surface area contributed by atoms with Gasteiger partial charge in [-0.1, -0.05) is 99.9 Å². The minimum absolute atomic E-state index is 0.0969. The summed E-state index contributed by atoms with van der Waals surface area (Å²) in [5, 5.41) is 14.6. The first-order valence-electron chi connectivity index (χ1n) is 16.4. The van der Waals surface area contributed by atoms with Crippen LogP contribution in [0.3, 0.4) is 0 Å². The van der Waals surface area contributed by atoms with Crippen LogP contribution in [0.1, 0.15) is 115 Å². The maximum Gasteiger partial charge on any atom is 0.407 e. The lowest BCUT2D eigenvalue weighted by molar-refractivity contribution is -0.155. The molecule has 0 fully saturated rings. The van der Waals surface area contributed by atoms with Gasteiger partial charge in [-0.2, -0.15) is 0 Å². The summed E-state index contributed by atoms with van der Waals surface area (Å²) in [6.07, 6.45) is 10.2. The third-order valence-corrected chi connectivity index (χ3v) is 7.88. The van der Waals surface area contributed by atoms with E-state index in [0.717, 1.165) is 80.0 Å². The zero-order chi connectivity index (χ0) is 32.7. The van der Waals surface area contributed by atoms with Gasteiger partial charge in [0, 0.05) is 18.8 Å². The van der Waals surface area contributed by atoms with Gasteiger partial charge >= 0.3 is 18.0 Å². The maximum absolute atomic E-state index is 12.4. The standard InChI is InChI=1S/C36H50N2O7/c1-36(2,3)45-33(40)23-13-11-9-7-5-4-6-8-10-12-22-32(39)38-31(34(41)42)24-37-35(43)44-25-30-28-20-16-14-18-26(28)27-19-15-17-21-29(27)30/h14-21,30-31H,4-13,22-25H2,1-3H3,(H,37,43)(H,38,39)(H,41,42)/t31-/m1/s1. The van der Waals surface area contributed by atoms with E-state index >= 15 is 0 Å². The van der Waals surface area contributed by atoms with Gasteiger partial charge in [-0.15, -0.1) is 0 Å². The van der Waals surface area contributed by atoms with Gasteiger partial charge in [-0.05, 0) is 55.9 Å². The maximum atomic E-state index is 12.4. The number of benzene rings is 2. The Bertz CT molecular complexity index is 1220. The number of hydrogen-bond donors (Lipinski definition) is 3. The Kier molecular flexibility index (Phi) is 14.4. The molecule has 0 spiro atoms. The number of rotatable bonds is 19. The Morgan fingerprint density at radius 2 is 1.24 bits per heavy atom. The summed E-state index contributed by atoms with van der Waals surface area (Å²) in [5.41, 5.74) is 4.00. The van der Waals surface area contributed by atoms with Gasteiger partial charge in [0.1, 0.15) is 18.2 Å². The number of unbranched alkanes of at least 4 members (excludes halogenated alkanes) is 9. The molecule has 3 N–H and O–H groups in total. The second-order valence-electron chi connectivity index (χ2n) is 12.8. The number of amides is 2. The molecule has 0 aromatic heterocycles. The highest BCUT2D eigenvalue weighted by molar-refractivity contribution is 5.84. The van der Waals surface area contributed by atoms with E-state index in [1.165, 1.54) is 0 Å². The van der Waals surface area contributed by atoms with Gasteiger partial charge in [-0.3, -0.25) is 9.59 Å². The molecule has 246 valence electrons. The van der Waals surface area contributed by atoms with Crippen LogP contribution in [-0.2, 0) is 23.9 Å². The molecular formula is C36H50N2O7. The number of alkyl carbamates (subject to hydrolysis) is 1. The Balaban J connectivity index is 1.22. The van der Waals surface area contributed by atoms with Crippen LogP contribution >= 0.6 is 0 Å². The molecule has 1 atom stereocenters. The van der Waals surface area contributed by atoms with E-state index in [1.807, 2.05) is 57.2 Å². The summed E-state index contributed by atoms with van der Waals surface area (Å²) in [7, 11) is 0. The summed E-state index contributed by atoms with van der Waals surface area (Å²) < 4.78 is 10.8. The molecule has 0 aliphatic heterocycles. The first-order valence-corrected chi connectivity index (χ1v) is 16.4. The van der Waals surface area contributed by atoms with Gasteiger partial charge in [0.2, 0.25) is 5.91 Å². The Labute approximate surface area is 267 Å². The number of aliphatic carboxylic acids is 1. The number of carboxylic acid groups (broad SMARTS) is 1. The van der Waals surface area contributed by atoms with Crippen LogP contribution in [0.4, 0.5) is 4.79 Å². The Morgan fingerprint density at radius 1 is 0.756 bits per heavy atom. The fourth-order valence-electron chi connectivity index (χ4n) is 5.66. The van der Waals surface area contributed by atoms with Crippen LogP contribution in [-0.4, -0.2) is 53.8 Å². The smallest absolute Gasteiger partial charge is 0.407 e. The number of nitrogens with one attached hydrogen (secondary N) is 2. The molecule has 0 heterocycles. The molecule has 0 radical (unpaired) electrons. The predicted octanol–water partition coefficient (Wildman–Crippen LogP) is 7.12. The van der Waals surface area contributed by atoms with Crippen molar-refractivity contribution in [2.24, 2.45) is 0 Å². The predicted molar refractivity (Wildman–Crippen MR) is 174 cm³/mol. The Hall–Kier alpha value is -3.88. The molecule has 0 saturated carbocycles. The lowest BCUT2D eigenvalue weighted by Gasteiger charge is -2.19. The van der Waals surface area contributed by atoms with Gasteiger partial charge in [0.25, 0.3) is 0 Å². The molecule has 1 aliphatic carbocycles. The monoisotopic (exact) mass is 622 g/mol. The highest BCUT2D eigenvalue weighted by Crippen LogP contribution is 2.44. The molecular weight excluding hydrogens is 572 g/mol. The van der Waals surface area contributed by atoms with Crippen molar-refractivity contribution in [2.75, 3.05) is 13.2 Å². The summed E-state index contributed by atoms with van der Waals surface area (Å²) in [4.78, 5) is 48.2. The molecule has 45 heavy (non-hydrogen) atoms. The van der Waals surface area contributed by atoms with Crippen molar-refractivity contribution in [3.8, 4) is 11.1 Å². The van der Waals surface area contributed by atoms with Crippen molar-refractivity contribution in [1.82, 2.24) is 10.6 Å². The molecule has 0 saturated heterocycles. The van der Waals surface area contributed by atoms with Gasteiger partial charge < -0.3 is 25.2 Å². The van der Waals surface area contributed by atoms with Gasteiger partial charge in [0.15, 0.2) is 0 Å². The van der Waals surface area contributed by atoms with Crippen LogP contribution in [0.5, 0.6) is 0 Å². The number of esters is 1. The fraction of sp³-hybridized carbons (Fsp3) is 0.556. The molecule has 2 aromatic rings.